The molecule has 2 heterocycles. The smallest absolute Gasteiger partial charge is 0.311 e. The van der Waals surface area contributed by atoms with Crippen LogP contribution in [0.25, 0.3) is 0 Å². The summed E-state index contributed by atoms with van der Waals surface area (Å²) in [5, 5.41) is 9.95. The lowest BCUT2D eigenvalue weighted by Crippen LogP contribution is -2.49. The van der Waals surface area contributed by atoms with Gasteiger partial charge in [0.05, 0.1) is 5.41 Å². The molecule has 5 nitrogen and oxygen atoms in total. The molecule has 1 aliphatic rings. The third-order valence-electron chi connectivity index (χ3n) is 5.13. The molecule has 132 valence electrons. The van der Waals surface area contributed by atoms with Crippen molar-refractivity contribution in [2.45, 2.75) is 33.1 Å². The van der Waals surface area contributed by atoms with Crippen LogP contribution in [0.2, 0.25) is 0 Å². The zero-order valence-corrected chi connectivity index (χ0v) is 14.5. The highest BCUT2D eigenvalue weighted by molar-refractivity contribution is 5.76. The number of hydrogen-bond donors (Lipinski definition) is 1. The second kappa shape index (κ2) is 6.78. The predicted octanol–water partition coefficient (Wildman–Crippen LogP) is 3.15. The molecule has 0 bridgehead atoms. The molecule has 1 aromatic carbocycles. The largest absolute Gasteiger partial charge is 0.481 e. The Balaban J connectivity index is 1.93. The molecule has 0 saturated carbocycles. The van der Waals surface area contributed by atoms with Gasteiger partial charge in [-0.05, 0) is 44.7 Å². The third-order valence-corrected chi connectivity index (χ3v) is 5.13. The molecule has 0 unspecified atom stereocenters. The number of halogens is 1. The zero-order valence-electron chi connectivity index (χ0n) is 14.5. The van der Waals surface area contributed by atoms with E-state index < -0.39 is 11.4 Å². The summed E-state index contributed by atoms with van der Waals surface area (Å²) in [4.78, 5) is 22.7. The zero-order chi connectivity index (χ0) is 18.0. The van der Waals surface area contributed by atoms with Crippen molar-refractivity contribution in [2.24, 2.45) is 5.41 Å². The maximum Gasteiger partial charge on any atom is 0.311 e. The van der Waals surface area contributed by atoms with Crippen LogP contribution in [-0.4, -0.2) is 34.1 Å². The van der Waals surface area contributed by atoms with E-state index in [-0.39, 0.29) is 12.2 Å². The summed E-state index contributed by atoms with van der Waals surface area (Å²) in [6, 6.07) is 6.40. The summed E-state index contributed by atoms with van der Waals surface area (Å²) < 4.78 is 14.1. The fourth-order valence-corrected chi connectivity index (χ4v) is 3.56. The first kappa shape index (κ1) is 17.3. The second-order valence-corrected chi connectivity index (χ2v) is 6.79. The molecule has 0 amide bonds. The SMILES string of the molecule is Cc1ncnc(N2CCC[C@](Cc3ccccc3F)(C(=O)O)C2)c1C. The minimum absolute atomic E-state index is 0.175. The van der Waals surface area contributed by atoms with E-state index in [0.29, 0.717) is 18.5 Å². The number of carboxylic acid groups (broad SMARTS) is 1. The van der Waals surface area contributed by atoms with E-state index in [0.717, 1.165) is 30.0 Å². The van der Waals surface area contributed by atoms with Gasteiger partial charge in [-0.3, -0.25) is 4.79 Å². The lowest BCUT2D eigenvalue weighted by atomic mass is 9.75. The van der Waals surface area contributed by atoms with Gasteiger partial charge in [0.2, 0.25) is 0 Å². The van der Waals surface area contributed by atoms with Crippen molar-refractivity contribution >= 4 is 11.8 Å². The summed E-state index contributed by atoms with van der Waals surface area (Å²) in [5.41, 5.74) is 1.26. The van der Waals surface area contributed by atoms with E-state index in [1.807, 2.05) is 18.7 Å². The minimum Gasteiger partial charge on any atom is -0.481 e. The highest BCUT2D eigenvalue weighted by atomic mass is 19.1. The van der Waals surface area contributed by atoms with E-state index in [1.54, 1.807) is 18.2 Å². The first-order valence-electron chi connectivity index (χ1n) is 8.43. The summed E-state index contributed by atoms with van der Waals surface area (Å²) in [5.74, 6) is -0.468. The standard InChI is InChI=1S/C19H22FN3O2/c1-13-14(2)21-12-22-17(13)23-9-5-8-19(11-23,18(24)25)10-15-6-3-4-7-16(15)20/h3-4,6-7,12H,5,8-11H2,1-2H3,(H,24,25)/t19-/m1/s1. The Bertz CT molecular complexity index is 796. The minimum atomic E-state index is -1.02. The molecule has 1 atom stereocenters. The topological polar surface area (TPSA) is 66.3 Å². The molecule has 1 fully saturated rings. The molecule has 3 rings (SSSR count). The van der Waals surface area contributed by atoms with Crippen LogP contribution in [0.1, 0.15) is 29.7 Å². The van der Waals surface area contributed by atoms with Gasteiger partial charge in [-0.2, -0.15) is 0 Å². The molecule has 0 aliphatic carbocycles. The number of aromatic nitrogens is 2. The van der Waals surface area contributed by atoms with Gasteiger partial charge in [0, 0.05) is 24.3 Å². The van der Waals surface area contributed by atoms with E-state index in [4.69, 9.17) is 0 Å². The molecule has 0 spiro atoms. The van der Waals surface area contributed by atoms with E-state index in [1.165, 1.54) is 12.4 Å². The Hall–Kier alpha value is -2.50. The van der Waals surface area contributed by atoms with Gasteiger partial charge in [-0.15, -0.1) is 0 Å². The fraction of sp³-hybridized carbons (Fsp3) is 0.421. The Kier molecular flexibility index (Phi) is 4.70. The maximum atomic E-state index is 14.1. The van der Waals surface area contributed by atoms with E-state index >= 15 is 0 Å². The number of aryl methyl sites for hydroxylation is 1. The van der Waals surface area contributed by atoms with Crippen molar-refractivity contribution in [3.05, 3.63) is 53.2 Å². The maximum absolute atomic E-state index is 14.1. The molecular weight excluding hydrogens is 321 g/mol. The Morgan fingerprint density at radius 3 is 2.80 bits per heavy atom. The normalized spacial score (nSPS) is 20.5. The summed E-state index contributed by atoms with van der Waals surface area (Å²) in [6.07, 6.45) is 2.93. The van der Waals surface area contributed by atoms with E-state index in [2.05, 4.69) is 9.97 Å². The second-order valence-electron chi connectivity index (χ2n) is 6.79. The number of aliphatic carboxylic acids is 1. The number of hydrogen-bond acceptors (Lipinski definition) is 4. The molecule has 2 aromatic rings. The molecule has 6 heteroatoms. The molecular formula is C19H22FN3O2. The average molecular weight is 343 g/mol. The Morgan fingerprint density at radius 2 is 2.08 bits per heavy atom. The highest BCUT2D eigenvalue weighted by Gasteiger charge is 2.43. The third kappa shape index (κ3) is 3.34. The lowest BCUT2D eigenvalue weighted by molar-refractivity contribution is -0.149. The van der Waals surface area contributed by atoms with Gasteiger partial charge in [-0.1, -0.05) is 18.2 Å². The van der Waals surface area contributed by atoms with Gasteiger partial charge in [-0.25, -0.2) is 14.4 Å². The van der Waals surface area contributed by atoms with E-state index in [9.17, 15) is 14.3 Å². The van der Waals surface area contributed by atoms with Crippen LogP contribution in [0.5, 0.6) is 0 Å². The number of nitrogens with zero attached hydrogens (tertiary/aromatic N) is 3. The fourth-order valence-electron chi connectivity index (χ4n) is 3.56. The summed E-state index contributed by atoms with van der Waals surface area (Å²) in [7, 11) is 0. The average Bonchev–Trinajstić information content (AvgIpc) is 2.59. The summed E-state index contributed by atoms with van der Waals surface area (Å²) in [6.45, 7) is 4.91. The van der Waals surface area contributed by atoms with Crippen LogP contribution >= 0.6 is 0 Å². The van der Waals surface area contributed by atoms with Crippen LogP contribution in [0.15, 0.2) is 30.6 Å². The first-order valence-corrected chi connectivity index (χ1v) is 8.43. The molecule has 0 radical (unpaired) electrons. The van der Waals surface area contributed by atoms with Crippen LogP contribution in [0.4, 0.5) is 10.2 Å². The van der Waals surface area contributed by atoms with Gasteiger partial charge in [0.1, 0.15) is 18.0 Å². The number of carbonyl (C=O) groups is 1. The molecule has 1 aliphatic heterocycles. The highest BCUT2D eigenvalue weighted by Crippen LogP contribution is 2.37. The van der Waals surface area contributed by atoms with Crippen LogP contribution < -0.4 is 4.90 Å². The number of anilines is 1. The predicted molar refractivity (Wildman–Crippen MR) is 93.1 cm³/mol. The first-order chi connectivity index (χ1) is 11.9. The van der Waals surface area contributed by atoms with Gasteiger partial charge in [0.15, 0.2) is 0 Å². The molecule has 1 aromatic heterocycles. The number of rotatable bonds is 4. The number of benzene rings is 1. The van der Waals surface area contributed by atoms with Gasteiger partial charge >= 0.3 is 5.97 Å². The Labute approximate surface area is 146 Å². The number of piperidine rings is 1. The monoisotopic (exact) mass is 343 g/mol. The quantitative estimate of drug-likeness (QED) is 0.924. The van der Waals surface area contributed by atoms with Crippen molar-refractivity contribution < 1.29 is 14.3 Å². The van der Waals surface area contributed by atoms with Crippen LogP contribution in [-0.2, 0) is 11.2 Å². The van der Waals surface area contributed by atoms with Crippen molar-refractivity contribution in [1.29, 1.82) is 0 Å². The van der Waals surface area contributed by atoms with Gasteiger partial charge in [0.25, 0.3) is 0 Å². The van der Waals surface area contributed by atoms with Crippen LogP contribution in [0.3, 0.4) is 0 Å². The van der Waals surface area contributed by atoms with Crippen molar-refractivity contribution in [3.8, 4) is 0 Å². The van der Waals surface area contributed by atoms with Crippen LogP contribution in [0, 0.1) is 25.1 Å². The van der Waals surface area contributed by atoms with Crippen molar-refractivity contribution in [3.63, 3.8) is 0 Å². The van der Waals surface area contributed by atoms with Gasteiger partial charge < -0.3 is 10.0 Å². The summed E-state index contributed by atoms with van der Waals surface area (Å²) >= 11 is 0. The molecule has 1 saturated heterocycles. The van der Waals surface area contributed by atoms with Crippen molar-refractivity contribution in [1.82, 2.24) is 9.97 Å². The number of carboxylic acids is 1. The lowest BCUT2D eigenvalue weighted by Gasteiger charge is -2.41. The van der Waals surface area contributed by atoms with Crippen molar-refractivity contribution in [2.75, 3.05) is 18.0 Å². The Morgan fingerprint density at radius 1 is 1.32 bits per heavy atom. The molecule has 1 N–H and O–H groups in total. The molecule has 25 heavy (non-hydrogen) atoms.